The Kier molecular flexibility index (Phi) is 10.4. The van der Waals surface area contributed by atoms with Crippen molar-refractivity contribution in [3.8, 4) is 0 Å². The molecule has 0 atom stereocenters. The van der Waals surface area contributed by atoms with Crippen molar-refractivity contribution in [3.05, 3.63) is 5.82 Å². The van der Waals surface area contributed by atoms with Crippen molar-refractivity contribution in [1.29, 1.82) is 0 Å². The van der Waals surface area contributed by atoms with Crippen molar-refractivity contribution in [3.63, 3.8) is 0 Å². The molecule has 1 aliphatic heterocycles. The predicted octanol–water partition coefficient (Wildman–Crippen LogP) is 4.36. The monoisotopic (exact) mass is 520 g/mol. The second kappa shape index (κ2) is 12.2. The SMILES string of the molecule is CCNC(=NCCCc1nnc(SC)n1C1CCCC1)N1CCC(C)CC1.I. The Morgan fingerprint density at radius 3 is 2.54 bits per heavy atom. The van der Waals surface area contributed by atoms with Crippen molar-refractivity contribution < 1.29 is 0 Å². The van der Waals surface area contributed by atoms with Crippen LogP contribution in [0.3, 0.4) is 0 Å². The molecule has 0 aromatic carbocycles. The third-order valence-corrected chi connectivity index (χ3v) is 6.49. The molecule has 160 valence electrons. The van der Waals surface area contributed by atoms with E-state index in [4.69, 9.17) is 4.99 Å². The highest BCUT2D eigenvalue weighted by Gasteiger charge is 2.23. The lowest BCUT2D eigenvalue weighted by molar-refractivity contribution is 0.273. The lowest BCUT2D eigenvalue weighted by Crippen LogP contribution is -2.45. The second-order valence-electron chi connectivity index (χ2n) is 7.92. The Morgan fingerprint density at radius 1 is 1.18 bits per heavy atom. The number of nitrogens with zero attached hydrogens (tertiary/aromatic N) is 5. The average Bonchev–Trinajstić information content (AvgIpc) is 3.34. The molecule has 2 heterocycles. The van der Waals surface area contributed by atoms with Gasteiger partial charge in [-0.05, 0) is 51.2 Å². The first kappa shape index (κ1) is 23.8. The summed E-state index contributed by atoms with van der Waals surface area (Å²) in [5, 5.41) is 13.5. The van der Waals surface area contributed by atoms with Crippen molar-refractivity contribution in [1.82, 2.24) is 25.0 Å². The van der Waals surface area contributed by atoms with Crippen molar-refractivity contribution >= 4 is 41.7 Å². The normalized spacial score (nSPS) is 19.1. The van der Waals surface area contributed by atoms with Gasteiger partial charge in [0.2, 0.25) is 0 Å². The molecule has 1 aromatic heterocycles. The Balaban J connectivity index is 0.00000280. The number of thioether (sulfide) groups is 1. The number of nitrogens with one attached hydrogen (secondary N) is 1. The van der Waals surface area contributed by atoms with Gasteiger partial charge in [-0.25, -0.2) is 0 Å². The van der Waals surface area contributed by atoms with Crippen LogP contribution in [0.4, 0.5) is 0 Å². The van der Waals surface area contributed by atoms with Crippen molar-refractivity contribution in [2.45, 2.75) is 76.4 Å². The molecule has 6 nitrogen and oxygen atoms in total. The summed E-state index contributed by atoms with van der Waals surface area (Å²) in [5.74, 6) is 3.08. The van der Waals surface area contributed by atoms with Gasteiger partial charge in [0.05, 0.1) is 0 Å². The molecule has 0 amide bonds. The van der Waals surface area contributed by atoms with Gasteiger partial charge >= 0.3 is 0 Å². The van der Waals surface area contributed by atoms with Crippen molar-refractivity contribution in [2.24, 2.45) is 10.9 Å². The number of aromatic nitrogens is 3. The van der Waals surface area contributed by atoms with E-state index in [1.807, 2.05) is 0 Å². The third kappa shape index (κ3) is 6.24. The van der Waals surface area contributed by atoms with E-state index in [-0.39, 0.29) is 24.0 Å². The number of hydrogen-bond donors (Lipinski definition) is 1. The molecule has 0 unspecified atom stereocenters. The summed E-state index contributed by atoms with van der Waals surface area (Å²) in [4.78, 5) is 7.33. The summed E-state index contributed by atoms with van der Waals surface area (Å²) in [7, 11) is 0. The van der Waals surface area contributed by atoms with Crippen LogP contribution in [0.15, 0.2) is 10.1 Å². The van der Waals surface area contributed by atoms with E-state index >= 15 is 0 Å². The number of piperidine rings is 1. The Labute approximate surface area is 191 Å². The summed E-state index contributed by atoms with van der Waals surface area (Å²) in [5.41, 5.74) is 0. The topological polar surface area (TPSA) is 58.3 Å². The summed E-state index contributed by atoms with van der Waals surface area (Å²) >= 11 is 1.72. The predicted molar refractivity (Wildman–Crippen MR) is 129 cm³/mol. The first-order valence-corrected chi connectivity index (χ1v) is 12.0. The van der Waals surface area contributed by atoms with E-state index in [0.717, 1.165) is 61.9 Å². The highest BCUT2D eigenvalue weighted by molar-refractivity contribution is 14.0. The van der Waals surface area contributed by atoms with E-state index in [0.29, 0.717) is 6.04 Å². The van der Waals surface area contributed by atoms with E-state index < -0.39 is 0 Å². The largest absolute Gasteiger partial charge is 0.357 e. The smallest absolute Gasteiger partial charge is 0.193 e. The van der Waals surface area contributed by atoms with Crippen LogP contribution in [0.25, 0.3) is 0 Å². The molecule has 1 aromatic rings. The maximum atomic E-state index is 4.90. The zero-order valence-electron chi connectivity index (χ0n) is 17.7. The van der Waals surface area contributed by atoms with Crippen molar-refractivity contribution in [2.75, 3.05) is 32.4 Å². The molecule has 1 aliphatic carbocycles. The highest BCUT2D eigenvalue weighted by atomic mass is 127. The van der Waals surface area contributed by atoms with Gasteiger partial charge in [0.1, 0.15) is 5.82 Å². The number of likely N-dealkylation sites (tertiary alicyclic amines) is 1. The molecule has 0 radical (unpaired) electrons. The van der Waals surface area contributed by atoms with Gasteiger partial charge in [0.25, 0.3) is 0 Å². The number of halogens is 1. The number of hydrogen-bond acceptors (Lipinski definition) is 4. The van der Waals surface area contributed by atoms with E-state index in [1.54, 1.807) is 11.8 Å². The molecule has 2 aliphatic rings. The van der Waals surface area contributed by atoms with Crippen LogP contribution in [0.5, 0.6) is 0 Å². The standard InChI is InChI=1S/C20H36N6S.HI/c1-4-21-19(25-14-11-16(2)12-15-25)22-13-7-10-18-23-24-20(27-3)26(18)17-8-5-6-9-17;/h16-17H,4-15H2,1-3H3,(H,21,22);1H. The molecule has 2 fully saturated rings. The van der Waals surface area contributed by atoms with Gasteiger partial charge in [-0.2, -0.15) is 0 Å². The zero-order chi connectivity index (χ0) is 19.1. The molecule has 1 saturated heterocycles. The number of guanidine groups is 1. The summed E-state index contributed by atoms with van der Waals surface area (Å²) < 4.78 is 2.42. The van der Waals surface area contributed by atoms with Crippen LogP contribution in [0.2, 0.25) is 0 Å². The molecule has 1 N–H and O–H groups in total. The first-order chi connectivity index (χ1) is 13.2. The first-order valence-electron chi connectivity index (χ1n) is 10.7. The maximum absolute atomic E-state index is 4.90. The van der Waals surface area contributed by atoms with Crippen LogP contribution in [0, 0.1) is 5.92 Å². The fourth-order valence-electron chi connectivity index (χ4n) is 4.21. The van der Waals surface area contributed by atoms with Gasteiger partial charge < -0.3 is 14.8 Å². The van der Waals surface area contributed by atoms with Gasteiger partial charge in [-0.3, -0.25) is 4.99 Å². The minimum atomic E-state index is 0. The molecule has 28 heavy (non-hydrogen) atoms. The van der Waals surface area contributed by atoms with E-state index in [9.17, 15) is 0 Å². The Hall–Kier alpha value is -0.510. The van der Waals surface area contributed by atoms with Gasteiger partial charge in [0, 0.05) is 38.6 Å². The summed E-state index contributed by atoms with van der Waals surface area (Å²) in [6, 6.07) is 0.605. The second-order valence-corrected chi connectivity index (χ2v) is 8.69. The van der Waals surface area contributed by atoms with Gasteiger partial charge in [-0.1, -0.05) is 31.5 Å². The molecule has 0 bridgehead atoms. The quantitative estimate of drug-likeness (QED) is 0.190. The van der Waals surface area contributed by atoms with E-state index in [1.165, 1.54) is 38.5 Å². The molecule has 8 heteroatoms. The number of aryl methyl sites for hydroxylation is 1. The van der Waals surface area contributed by atoms with Crippen LogP contribution in [0.1, 0.15) is 70.7 Å². The minimum absolute atomic E-state index is 0. The van der Waals surface area contributed by atoms with Gasteiger partial charge in [0.15, 0.2) is 11.1 Å². The van der Waals surface area contributed by atoms with Crippen LogP contribution in [-0.4, -0.2) is 58.1 Å². The third-order valence-electron chi connectivity index (χ3n) is 5.85. The van der Waals surface area contributed by atoms with Gasteiger partial charge in [-0.15, -0.1) is 34.2 Å². The molecule has 1 saturated carbocycles. The fourth-order valence-corrected chi connectivity index (χ4v) is 4.79. The maximum Gasteiger partial charge on any atom is 0.193 e. The van der Waals surface area contributed by atoms with Crippen LogP contribution >= 0.6 is 35.7 Å². The molecular formula is C20H37IN6S. The zero-order valence-corrected chi connectivity index (χ0v) is 20.8. The number of rotatable bonds is 7. The molecular weight excluding hydrogens is 483 g/mol. The highest BCUT2D eigenvalue weighted by Crippen LogP contribution is 2.33. The number of aliphatic imine (C=N–C) groups is 1. The Bertz CT molecular complexity index is 606. The summed E-state index contributed by atoms with van der Waals surface area (Å²) in [6.07, 6.45) is 11.8. The average molecular weight is 521 g/mol. The lowest BCUT2D eigenvalue weighted by atomic mass is 10.00. The lowest BCUT2D eigenvalue weighted by Gasteiger charge is -2.33. The minimum Gasteiger partial charge on any atom is -0.357 e. The Morgan fingerprint density at radius 2 is 1.89 bits per heavy atom. The summed E-state index contributed by atoms with van der Waals surface area (Å²) in [6.45, 7) is 8.53. The van der Waals surface area contributed by atoms with Crippen LogP contribution in [-0.2, 0) is 6.42 Å². The van der Waals surface area contributed by atoms with Crippen LogP contribution < -0.4 is 5.32 Å². The molecule has 3 rings (SSSR count). The van der Waals surface area contributed by atoms with E-state index in [2.05, 4.69) is 45.1 Å². The fraction of sp³-hybridized carbons (Fsp3) is 0.850. The molecule has 0 spiro atoms.